The molecule has 0 bridgehead atoms. The van der Waals surface area contributed by atoms with E-state index in [-0.39, 0.29) is 36.7 Å². The van der Waals surface area contributed by atoms with Crippen molar-refractivity contribution < 1.29 is 23.2 Å². The zero-order chi connectivity index (χ0) is 26.3. The van der Waals surface area contributed by atoms with Gasteiger partial charge in [-0.3, -0.25) is 4.79 Å². The minimum Gasteiger partial charge on any atom is -0.489 e. The first-order chi connectivity index (χ1) is 17.7. The fourth-order valence-corrected chi connectivity index (χ4v) is 7.07. The van der Waals surface area contributed by atoms with Crippen LogP contribution in [0.5, 0.6) is 0 Å². The van der Waals surface area contributed by atoms with Crippen molar-refractivity contribution in [3.63, 3.8) is 0 Å². The molecule has 11 heteroatoms. The van der Waals surface area contributed by atoms with Crippen molar-refractivity contribution in [2.45, 2.75) is 51.0 Å². The number of nitrogens with one attached hydrogen (secondary N) is 1. The summed E-state index contributed by atoms with van der Waals surface area (Å²) in [6.45, 7) is 3.65. The number of benzene rings is 1. The van der Waals surface area contributed by atoms with Gasteiger partial charge in [-0.1, -0.05) is 42.4 Å². The SMILES string of the molecule is CC1(C(=O)NCc2cc3ccccc3n2S(=O)(=O)C2(C)CC=CC(/C=N/O)=C2OCc2cscn2)CC1. The van der Waals surface area contributed by atoms with Gasteiger partial charge in [0.05, 0.1) is 35.2 Å². The minimum atomic E-state index is -4.16. The molecular formula is C26H28N4O5S2. The molecular weight excluding hydrogens is 512 g/mol. The molecule has 1 aromatic carbocycles. The van der Waals surface area contributed by atoms with Gasteiger partial charge in [-0.15, -0.1) is 11.3 Å². The number of carbonyl (C=O) groups excluding carboxylic acids is 1. The molecule has 2 aliphatic rings. The summed E-state index contributed by atoms with van der Waals surface area (Å²) < 4.78 is 35.0. The van der Waals surface area contributed by atoms with Gasteiger partial charge in [0.1, 0.15) is 17.1 Å². The van der Waals surface area contributed by atoms with Crippen molar-refractivity contribution in [3.8, 4) is 0 Å². The average molecular weight is 541 g/mol. The molecule has 1 unspecified atom stereocenters. The highest BCUT2D eigenvalue weighted by atomic mass is 32.2. The van der Waals surface area contributed by atoms with Crippen LogP contribution in [-0.4, -0.2) is 39.5 Å². The van der Waals surface area contributed by atoms with E-state index in [9.17, 15) is 18.4 Å². The number of nitrogens with zero attached hydrogens (tertiary/aromatic N) is 3. The molecule has 1 atom stereocenters. The van der Waals surface area contributed by atoms with Gasteiger partial charge >= 0.3 is 0 Å². The normalized spacial score (nSPS) is 21.0. The second kappa shape index (κ2) is 9.46. The summed E-state index contributed by atoms with van der Waals surface area (Å²) in [4.78, 5) is 16.9. The molecule has 2 aromatic heterocycles. The number of aromatic nitrogens is 2. The third kappa shape index (κ3) is 4.46. The van der Waals surface area contributed by atoms with Gasteiger partial charge in [-0.05, 0) is 38.3 Å². The Hall–Kier alpha value is -3.44. The van der Waals surface area contributed by atoms with Crippen LogP contribution in [0.1, 0.15) is 44.5 Å². The van der Waals surface area contributed by atoms with E-state index in [0.717, 1.165) is 18.2 Å². The van der Waals surface area contributed by atoms with Gasteiger partial charge < -0.3 is 15.3 Å². The zero-order valence-electron chi connectivity index (χ0n) is 20.5. The Morgan fingerprint density at radius 2 is 2.11 bits per heavy atom. The van der Waals surface area contributed by atoms with E-state index < -0.39 is 14.8 Å². The van der Waals surface area contributed by atoms with Crippen LogP contribution in [0.2, 0.25) is 0 Å². The van der Waals surface area contributed by atoms with E-state index in [2.05, 4.69) is 15.5 Å². The highest BCUT2D eigenvalue weighted by Gasteiger charge is 2.49. The number of oxime groups is 1. The molecule has 5 rings (SSSR count). The van der Waals surface area contributed by atoms with E-state index in [1.807, 2.05) is 24.4 Å². The number of rotatable bonds is 9. The summed E-state index contributed by atoms with van der Waals surface area (Å²) in [5.74, 6) is 0.0844. The lowest BCUT2D eigenvalue weighted by molar-refractivity contribution is -0.125. The van der Waals surface area contributed by atoms with Crippen LogP contribution in [0.15, 0.2) is 69.9 Å². The van der Waals surface area contributed by atoms with E-state index in [4.69, 9.17) is 4.74 Å². The number of ether oxygens (including phenoxy) is 1. The van der Waals surface area contributed by atoms with Crippen molar-refractivity contribution >= 4 is 44.4 Å². The third-order valence-electron chi connectivity index (χ3n) is 7.12. The molecule has 0 spiro atoms. The Labute approximate surface area is 219 Å². The molecule has 1 amide bonds. The molecule has 194 valence electrons. The number of thiazole rings is 1. The maximum atomic E-state index is 14.6. The van der Waals surface area contributed by atoms with Crippen molar-refractivity contribution in [3.05, 3.63) is 76.1 Å². The van der Waals surface area contributed by atoms with Gasteiger partial charge in [-0.25, -0.2) is 17.4 Å². The molecule has 3 aromatic rings. The smallest absolute Gasteiger partial charge is 0.252 e. The number of carbonyl (C=O) groups is 1. The topological polar surface area (TPSA) is 123 Å². The quantitative estimate of drug-likeness (QED) is 0.236. The first-order valence-electron chi connectivity index (χ1n) is 11.9. The van der Waals surface area contributed by atoms with Gasteiger partial charge in [-0.2, -0.15) is 0 Å². The molecule has 2 aliphatic carbocycles. The Morgan fingerprint density at radius 1 is 1.32 bits per heavy atom. The number of hydrogen-bond acceptors (Lipinski definition) is 8. The predicted molar refractivity (Wildman–Crippen MR) is 142 cm³/mol. The molecule has 0 aliphatic heterocycles. The van der Waals surface area contributed by atoms with Crippen LogP contribution >= 0.6 is 11.3 Å². The van der Waals surface area contributed by atoms with Crippen molar-refractivity contribution in [2.24, 2.45) is 10.6 Å². The summed E-state index contributed by atoms with van der Waals surface area (Å²) in [7, 11) is -4.16. The van der Waals surface area contributed by atoms with Crippen LogP contribution in [0.4, 0.5) is 0 Å². The lowest BCUT2D eigenvalue weighted by Crippen LogP contribution is -2.44. The van der Waals surface area contributed by atoms with E-state index >= 15 is 0 Å². The third-order valence-corrected chi connectivity index (χ3v) is 10.2. The molecule has 2 heterocycles. The van der Waals surface area contributed by atoms with Crippen LogP contribution in [-0.2, 0) is 32.7 Å². The van der Waals surface area contributed by atoms with Crippen LogP contribution < -0.4 is 5.32 Å². The Morgan fingerprint density at radius 3 is 2.81 bits per heavy atom. The van der Waals surface area contributed by atoms with Crippen LogP contribution in [0.3, 0.4) is 0 Å². The van der Waals surface area contributed by atoms with E-state index in [1.54, 1.807) is 42.8 Å². The molecule has 0 radical (unpaired) electrons. The van der Waals surface area contributed by atoms with Gasteiger partial charge in [0.25, 0.3) is 10.0 Å². The first kappa shape index (κ1) is 25.2. The van der Waals surface area contributed by atoms with E-state index in [0.29, 0.717) is 22.5 Å². The maximum Gasteiger partial charge on any atom is 0.252 e. The summed E-state index contributed by atoms with van der Waals surface area (Å²) in [5.41, 5.74) is 3.27. The second-order valence-corrected chi connectivity index (χ2v) is 12.8. The van der Waals surface area contributed by atoms with Gasteiger partial charge in [0.2, 0.25) is 5.91 Å². The first-order valence-corrected chi connectivity index (χ1v) is 14.3. The maximum absolute atomic E-state index is 14.6. The molecule has 1 saturated carbocycles. The van der Waals surface area contributed by atoms with Gasteiger partial charge in [0.15, 0.2) is 0 Å². The minimum absolute atomic E-state index is 0.0640. The largest absolute Gasteiger partial charge is 0.489 e. The number of hydrogen-bond donors (Lipinski definition) is 2. The zero-order valence-corrected chi connectivity index (χ0v) is 22.2. The predicted octanol–water partition coefficient (Wildman–Crippen LogP) is 4.34. The second-order valence-electron chi connectivity index (χ2n) is 9.84. The van der Waals surface area contributed by atoms with E-state index in [1.165, 1.54) is 21.5 Å². The molecule has 2 N–H and O–H groups in total. The fraction of sp³-hybridized carbons (Fsp3) is 0.346. The number of para-hydroxylation sites is 1. The van der Waals surface area contributed by atoms with Crippen molar-refractivity contribution in [2.75, 3.05) is 0 Å². The average Bonchev–Trinajstić information content (AvgIpc) is 3.27. The summed E-state index contributed by atoms with van der Waals surface area (Å²) in [6.07, 6.45) is 6.37. The Kier molecular flexibility index (Phi) is 6.45. The fourth-order valence-electron chi connectivity index (χ4n) is 4.56. The van der Waals surface area contributed by atoms with Crippen LogP contribution in [0, 0.1) is 5.41 Å². The number of allylic oxidation sites excluding steroid dienone is 3. The van der Waals surface area contributed by atoms with Crippen molar-refractivity contribution in [1.82, 2.24) is 14.3 Å². The Bertz CT molecular complexity index is 1530. The monoisotopic (exact) mass is 540 g/mol. The van der Waals surface area contributed by atoms with Crippen molar-refractivity contribution in [1.29, 1.82) is 0 Å². The van der Waals surface area contributed by atoms with Crippen LogP contribution in [0.25, 0.3) is 10.9 Å². The standard InChI is InChI=1S/C26H28N4O5S2/c1-25(10-11-25)24(31)27-14-21-12-18-6-3-4-8-22(18)30(21)37(33,34)26(2)9-5-7-19(13-29-32)23(26)35-15-20-16-36-17-28-20/h3-8,12-13,16-17,32H,9-11,14-15H2,1-2H3,(H,27,31)/b29-13+. The highest BCUT2D eigenvalue weighted by Crippen LogP contribution is 2.45. The lowest BCUT2D eigenvalue weighted by atomic mass is 9.94. The summed E-state index contributed by atoms with van der Waals surface area (Å²) in [6, 6.07) is 9.01. The molecule has 9 nitrogen and oxygen atoms in total. The number of amides is 1. The summed E-state index contributed by atoms with van der Waals surface area (Å²) in [5, 5.41) is 17.9. The Balaban J connectivity index is 1.59. The molecule has 0 saturated heterocycles. The highest BCUT2D eigenvalue weighted by molar-refractivity contribution is 7.91. The summed E-state index contributed by atoms with van der Waals surface area (Å²) >= 11 is 1.41. The molecule has 37 heavy (non-hydrogen) atoms. The van der Waals surface area contributed by atoms with Gasteiger partial charge in [0, 0.05) is 21.8 Å². The number of fused-ring (bicyclic) bond motifs is 1. The lowest BCUT2D eigenvalue weighted by Gasteiger charge is -2.34. The molecule has 1 fully saturated rings.